The van der Waals surface area contributed by atoms with Crippen LogP contribution in [0.15, 0.2) is 47.5 Å². The fourth-order valence-corrected chi connectivity index (χ4v) is 3.04. The Balaban J connectivity index is 1.52. The van der Waals surface area contributed by atoms with Crippen LogP contribution in [0.2, 0.25) is 0 Å². The van der Waals surface area contributed by atoms with Gasteiger partial charge in [-0.2, -0.15) is 0 Å². The van der Waals surface area contributed by atoms with Gasteiger partial charge in [-0.1, -0.05) is 18.2 Å². The zero-order chi connectivity index (χ0) is 16.9. The topological polar surface area (TPSA) is 104 Å². The lowest BCUT2D eigenvalue weighted by molar-refractivity contribution is -0.120. The summed E-state index contributed by atoms with van der Waals surface area (Å²) >= 11 is 1.34. The second kappa shape index (κ2) is 7.05. The molecule has 3 rings (SSSR count). The zero-order valence-corrected chi connectivity index (χ0v) is 13.4. The van der Waals surface area contributed by atoms with Crippen LogP contribution < -0.4 is 16.2 Å². The molecule has 2 amide bonds. The average Bonchev–Trinajstić information content (AvgIpc) is 3.03. The highest BCUT2D eigenvalue weighted by Gasteiger charge is 2.09. The van der Waals surface area contributed by atoms with Gasteiger partial charge >= 0.3 is 0 Å². The van der Waals surface area contributed by atoms with Crippen LogP contribution in [0.5, 0.6) is 0 Å². The van der Waals surface area contributed by atoms with E-state index in [2.05, 4.69) is 20.6 Å². The zero-order valence-electron chi connectivity index (χ0n) is 12.5. The number of hydrogen-bond donors (Lipinski definition) is 3. The van der Waals surface area contributed by atoms with E-state index >= 15 is 0 Å². The number of thiophene rings is 1. The molecular weight excluding hydrogens is 328 g/mol. The van der Waals surface area contributed by atoms with Crippen molar-refractivity contribution in [2.75, 3.05) is 6.54 Å². The molecule has 1 aromatic carbocycles. The summed E-state index contributed by atoms with van der Waals surface area (Å²) in [5.74, 6) is -0.609. The van der Waals surface area contributed by atoms with Gasteiger partial charge in [0.25, 0.3) is 11.5 Å². The van der Waals surface area contributed by atoms with E-state index in [1.807, 2.05) is 6.07 Å². The highest BCUT2D eigenvalue weighted by molar-refractivity contribution is 7.18. The molecule has 0 saturated carbocycles. The molecule has 2 aromatic heterocycles. The highest BCUT2D eigenvalue weighted by Crippen LogP contribution is 2.19. The van der Waals surface area contributed by atoms with Crippen molar-refractivity contribution in [3.63, 3.8) is 0 Å². The molecule has 0 fully saturated rings. The summed E-state index contributed by atoms with van der Waals surface area (Å²) < 4.78 is 0. The van der Waals surface area contributed by atoms with Crippen LogP contribution in [0.3, 0.4) is 0 Å². The second-order valence-electron chi connectivity index (χ2n) is 4.99. The normalized spacial score (nSPS) is 10.5. The molecule has 3 N–H and O–H groups in total. The number of H-pyrrole nitrogens is 1. The first-order valence-electron chi connectivity index (χ1n) is 7.19. The molecule has 2 heterocycles. The molecule has 122 valence electrons. The molecule has 8 heteroatoms. The first-order valence-corrected chi connectivity index (χ1v) is 8.01. The van der Waals surface area contributed by atoms with Gasteiger partial charge < -0.3 is 15.6 Å². The van der Waals surface area contributed by atoms with Gasteiger partial charge in [0.1, 0.15) is 4.83 Å². The van der Waals surface area contributed by atoms with E-state index in [9.17, 15) is 14.4 Å². The van der Waals surface area contributed by atoms with E-state index in [0.717, 1.165) is 4.88 Å². The third-order valence-corrected chi connectivity index (χ3v) is 4.33. The molecule has 0 aliphatic heterocycles. The summed E-state index contributed by atoms with van der Waals surface area (Å²) in [5.41, 5.74) is 0.295. The Morgan fingerprint density at radius 2 is 1.96 bits per heavy atom. The van der Waals surface area contributed by atoms with Crippen LogP contribution >= 0.6 is 11.3 Å². The average molecular weight is 342 g/mol. The van der Waals surface area contributed by atoms with Crippen molar-refractivity contribution in [1.82, 2.24) is 20.6 Å². The van der Waals surface area contributed by atoms with Crippen molar-refractivity contribution < 1.29 is 9.59 Å². The molecule has 0 unspecified atom stereocenters. The molecule has 3 aromatic rings. The van der Waals surface area contributed by atoms with Crippen molar-refractivity contribution in [1.29, 1.82) is 0 Å². The molecule has 7 nitrogen and oxygen atoms in total. The Kier molecular flexibility index (Phi) is 4.66. The van der Waals surface area contributed by atoms with Crippen LogP contribution in [-0.2, 0) is 11.3 Å². The van der Waals surface area contributed by atoms with Crippen molar-refractivity contribution in [2.45, 2.75) is 6.54 Å². The molecule has 0 atom stereocenters. The number of nitrogens with zero attached hydrogens (tertiary/aromatic N) is 1. The number of nitrogens with one attached hydrogen (secondary N) is 3. The first-order chi connectivity index (χ1) is 11.6. The number of amides is 2. The van der Waals surface area contributed by atoms with Gasteiger partial charge in [-0.25, -0.2) is 4.98 Å². The monoisotopic (exact) mass is 342 g/mol. The maximum atomic E-state index is 11.8. The van der Waals surface area contributed by atoms with Crippen molar-refractivity contribution in [3.8, 4) is 0 Å². The number of fused-ring (bicyclic) bond motifs is 1. The largest absolute Gasteiger partial charge is 0.350 e. The number of aromatic amines is 1. The third-order valence-electron chi connectivity index (χ3n) is 3.29. The Labute approximate surface area is 140 Å². The second-order valence-corrected chi connectivity index (χ2v) is 6.10. The molecule has 0 aliphatic rings. The Morgan fingerprint density at radius 1 is 1.17 bits per heavy atom. The lowest BCUT2D eigenvalue weighted by Crippen LogP contribution is -2.36. The fraction of sp³-hybridized carbons (Fsp3) is 0.125. The molecule has 24 heavy (non-hydrogen) atoms. The van der Waals surface area contributed by atoms with Gasteiger partial charge in [0, 0.05) is 10.4 Å². The maximum Gasteiger partial charge on any atom is 0.259 e. The molecule has 0 radical (unpaired) electrons. The van der Waals surface area contributed by atoms with Gasteiger partial charge in [0.05, 0.1) is 24.8 Å². The minimum atomic E-state index is -0.307. The molecule has 0 bridgehead atoms. The minimum Gasteiger partial charge on any atom is -0.350 e. The minimum absolute atomic E-state index is 0.114. The number of rotatable bonds is 5. The summed E-state index contributed by atoms with van der Waals surface area (Å²) in [6, 6.07) is 10.4. The number of carbonyl (C=O) groups is 2. The van der Waals surface area contributed by atoms with Gasteiger partial charge in [-0.3, -0.25) is 14.4 Å². The summed E-state index contributed by atoms with van der Waals surface area (Å²) in [7, 11) is 0. The van der Waals surface area contributed by atoms with Crippen LogP contribution in [0.1, 0.15) is 15.2 Å². The predicted molar refractivity (Wildman–Crippen MR) is 90.9 cm³/mol. The van der Waals surface area contributed by atoms with Crippen molar-refractivity contribution in [3.05, 3.63) is 63.5 Å². The SMILES string of the molecule is O=C(CNC(=O)c1ccccc1)NCc1cc2c(=O)[nH]cnc2s1. The summed E-state index contributed by atoms with van der Waals surface area (Å²) in [6.07, 6.45) is 1.35. The summed E-state index contributed by atoms with van der Waals surface area (Å²) in [5, 5.41) is 5.76. The summed E-state index contributed by atoms with van der Waals surface area (Å²) in [6.45, 7) is 0.165. The van der Waals surface area contributed by atoms with E-state index in [-0.39, 0.29) is 30.5 Å². The quantitative estimate of drug-likeness (QED) is 0.644. The molecule has 0 spiro atoms. The Bertz CT molecular complexity index is 933. The Morgan fingerprint density at radius 3 is 2.71 bits per heavy atom. The predicted octanol–water partition coefficient (Wildman–Crippen LogP) is 1.03. The van der Waals surface area contributed by atoms with Crippen LogP contribution in [-0.4, -0.2) is 28.3 Å². The Hall–Kier alpha value is -3.00. The standard InChI is InChI=1S/C16H14N4O3S/c21-13(8-18-14(22)10-4-2-1-3-5-10)17-7-11-6-12-15(23)19-9-20-16(12)24-11/h1-6,9H,7-8H2,(H,17,21)(H,18,22)(H,19,20,23). The first kappa shape index (κ1) is 15.9. The van der Waals surface area contributed by atoms with Gasteiger partial charge in [0.15, 0.2) is 0 Å². The number of hydrogen-bond acceptors (Lipinski definition) is 5. The van der Waals surface area contributed by atoms with Gasteiger partial charge in [-0.05, 0) is 18.2 Å². The van der Waals surface area contributed by atoms with E-state index in [1.165, 1.54) is 17.7 Å². The van der Waals surface area contributed by atoms with E-state index in [0.29, 0.717) is 15.8 Å². The van der Waals surface area contributed by atoms with Crippen molar-refractivity contribution in [2.24, 2.45) is 0 Å². The van der Waals surface area contributed by atoms with E-state index in [1.54, 1.807) is 30.3 Å². The molecule has 0 saturated heterocycles. The van der Waals surface area contributed by atoms with Crippen LogP contribution in [0, 0.1) is 0 Å². The lowest BCUT2D eigenvalue weighted by Gasteiger charge is -2.06. The maximum absolute atomic E-state index is 11.8. The van der Waals surface area contributed by atoms with Crippen LogP contribution in [0.25, 0.3) is 10.2 Å². The van der Waals surface area contributed by atoms with Gasteiger partial charge in [-0.15, -0.1) is 11.3 Å². The molecular formula is C16H14N4O3S. The smallest absolute Gasteiger partial charge is 0.259 e. The summed E-state index contributed by atoms with van der Waals surface area (Å²) in [4.78, 5) is 43.3. The number of carbonyl (C=O) groups excluding carboxylic acids is 2. The third kappa shape index (κ3) is 3.66. The number of aromatic nitrogens is 2. The lowest BCUT2D eigenvalue weighted by atomic mass is 10.2. The van der Waals surface area contributed by atoms with Crippen molar-refractivity contribution >= 4 is 33.4 Å². The van der Waals surface area contributed by atoms with Gasteiger partial charge in [0.2, 0.25) is 5.91 Å². The van der Waals surface area contributed by atoms with E-state index in [4.69, 9.17) is 0 Å². The van der Waals surface area contributed by atoms with Crippen LogP contribution in [0.4, 0.5) is 0 Å². The fourth-order valence-electron chi connectivity index (χ4n) is 2.10. The highest BCUT2D eigenvalue weighted by atomic mass is 32.1. The molecule has 0 aliphatic carbocycles. The van der Waals surface area contributed by atoms with E-state index < -0.39 is 0 Å². The number of benzene rings is 1.